The molecule has 2 aromatic carbocycles. The van der Waals surface area contributed by atoms with Gasteiger partial charge in [0.15, 0.2) is 0 Å². The quantitative estimate of drug-likeness (QED) is 0.750. The largest absolute Gasteiger partial charge is 0.389 e. The van der Waals surface area contributed by atoms with Crippen molar-refractivity contribution in [1.82, 2.24) is 4.90 Å². The van der Waals surface area contributed by atoms with Gasteiger partial charge in [-0.25, -0.2) is 4.39 Å². The number of halogens is 1. The summed E-state index contributed by atoms with van der Waals surface area (Å²) in [6, 6.07) is 20.2. The maximum atomic E-state index is 14.0. The van der Waals surface area contributed by atoms with Gasteiger partial charge in [-0.2, -0.15) is 0 Å². The Morgan fingerprint density at radius 2 is 1.39 bits per heavy atom. The first-order chi connectivity index (χ1) is 11.2. The second-order valence-corrected chi connectivity index (χ2v) is 6.01. The average molecular weight is 315 g/mol. The molecule has 2 nitrogen and oxygen atoms in total. The molecule has 0 aliphatic rings. The molecule has 0 amide bonds. The summed E-state index contributed by atoms with van der Waals surface area (Å²) in [5.74, 6) is 0. The summed E-state index contributed by atoms with van der Waals surface area (Å²) in [5.41, 5.74) is 2.34. The Morgan fingerprint density at radius 3 is 1.83 bits per heavy atom. The van der Waals surface area contributed by atoms with E-state index in [4.69, 9.17) is 0 Å². The molecule has 2 aromatic rings. The van der Waals surface area contributed by atoms with Gasteiger partial charge in [-0.1, -0.05) is 74.0 Å². The van der Waals surface area contributed by atoms with Crippen LogP contribution in [0.5, 0.6) is 0 Å². The molecule has 0 spiro atoms. The van der Waals surface area contributed by atoms with Crippen LogP contribution >= 0.6 is 0 Å². The van der Waals surface area contributed by atoms with Gasteiger partial charge in [-0.05, 0) is 17.5 Å². The molecule has 0 aromatic heterocycles. The first-order valence-electron chi connectivity index (χ1n) is 8.31. The second kappa shape index (κ2) is 9.43. The van der Waals surface area contributed by atoms with E-state index in [1.165, 1.54) is 11.1 Å². The zero-order valence-electron chi connectivity index (χ0n) is 13.7. The molecule has 0 bridgehead atoms. The lowest BCUT2D eigenvalue weighted by Crippen LogP contribution is -2.37. The predicted octanol–water partition coefficient (Wildman–Crippen LogP) is 4.19. The minimum Gasteiger partial charge on any atom is -0.389 e. The van der Waals surface area contributed by atoms with Crippen molar-refractivity contribution in [2.45, 2.75) is 45.1 Å². The van der Waals surface area contributed by atoms with E-state index >= 15 is 0 Å². The number of nitrogens with zero attached hydrogens (tertiary/aromatic N) is 1. The van der Waals surface area contributed by atoms with Crippen molar-refractivity contribution < 1.29 is 9.50 Å². The molecular weight excluding hydrogens is 289 g/mol. The number of alkyl halides is 1. The summed E-state index contributed by atoms with van der Waals surface area (Å²) in [5, 5.41) is 10.2. The van der Waals surface area contributed by atoms with Gasteiger partial charge in [0.25, 0.3) is 0 Å². The monoisotopic (exact) mass is 315 g/mol. The fourth-order valence-corrected chi connectivity index (χ4v) is 2.72. The van der Waals surface area contributed by atoms with E-state index in [2.05, 4.69) is 29.2 Å². The van der Waals surface area contributed by atoms with Gasteiger partial charge in [-0.15, -0.1) is 0 Å². The SMILES string of the molecule is CCC[C@@H](F)[C@H](O)CN(Cc1ccccc1)Cc1ccccc1. The summed E-state index contributed by atoms with van der Waals surface area (Å²) in [4.78, 5) is 2.11. The zero-order valence-corrected chi connectivity index (χ0v) is 13.7. The van der Waals surface area contributed by atoms with Crippen LogP contribution in [0.15, 0.2) is 60.7 Å². The minimum absolute atomic E-state index is 0.338. The van der Waals surface area contributed by atoms with Crippen molar-refractivity contribution >= 4 is 0 Å². The number of hydrogen-bond donors (Lipinski definition) is 1. The van der Waals surface area contributed by atoms with Crippen LogP contribution in [0.4, 0.5) is 4.39 Å². The number of hydrogen-bond acceptors (Lipinski definition) is 2. The van der Waals surface area contributed by atoms with Crippen molar-refractivity contribution in [2.24, 2.45) is 0 Å². The maximum Gasteiger partial charge on any atom is 0.127 e. The second-order valence-electron chi connectivity index (χ2n) is 6.01. The van der Waals surface area contributed by atoms with Crippen LogP contribution in [0.2, 0.25) is 0 Å². The molecule has 2 rings (SSSR count). The molecule has 0 aliphatic carbocycles. The van der Waals surface area contributed by atoms with E-state index in [-0.39, 0.29) is 0 Å². The lowest BCUT2D eigenvalue weighted by molar-refractivity contribution is 0.0345. The molecule has 1 N–H and O–H groups in total. The molecular formula is C20H26FNO. The fraction of sp³-hybridized carbons (Fsp3) is 0.400. The molecule has 0 aliphatic heterocycles. The fourth-order valence-electron chi connectivity index (χ4n) is 2.72. The highest BCUT2D eigenvalue weighted by Crippen LogP contribution is 2.14. The van der Waals surface area contributed by atoms with Gasteiger partial charge in [0.05, 0.1) is 6.10 Å². The molecule has 0 fully saturated rings. The van der Waals surface area contributed by atoms with Crippen LogP contribution in [0.3, 0.4) is 0 Å². The first kappa shape index (κ1) is 17.6. The van der Waals surface area contributed by atoms with Crippen LogP contribution in [-0.2, 0) is 13.1 Å². The van der Waals surface area contributed by atoms with Crippen LogP contribution in [0.1, 0.15) is 30.9 Å². The van der Waals surface area contributed by atoms with Crippen LogP contribution in [0.25, 0.3) is 0 Å². The third kappa shape index (κ3) is 6.12. The Hall–Kier alpha value is -1.71. The standard InChI is InChI=1S/C20H26FNO/c1-2-9-19(21)20(23)16-22(14-17-10-5-3-6-11-17)15-18-12-7-4-8-13-18/h3-8,10-13,19-20,23H,2,9,14-16H2,1H3/t19-,20-/m1/s1. The number of rotatable bonds is 9. The molecule has 0 radical (unpaired) electrons. The third-order valence-electron chi connectivity index (χ3n) is 3.93. The van der Waals surface area contributed by atoms with E-state index in [0.717, 1.165) is 6.42 Å². The van der Waals surface area contributed by atoms with Crippen LogP contribution in [-0.4, -0.2) is 28.8 Å². The van der Waals surface area contributed by atoms with E-state index in [9.17, 15) is 9.50 Å². The summed E-state index contributed by atoms with van der Waals surface area (Å²) >= 11 is 0. The van der Waals surface area contributed by atoms with Gasteiger partial charge in [-0.3, -0.25) is 4.90 Å². The molecule has 0 saturated carbocycles. The molecule has 0 saturated heterocycles. The molecule has 23 heavy (non-hydrogen) atoms. The summed E-state index contributed by atoms with van der Waals surface area (Å²) in [6.07, 6.45) is -0.946. The lowest BCUT2D eigenvalue weighted by Gasteiger charge is -2.27. The Morgan fingerprint density at radius 1 is 0.913 bits per heavy atom. The highest BCUT2D eigenvalue weighted by atomic mass is 19.1. The summed E-state index contributed by atoms with van der Waals surface area (Å²) in [6.45, 7) is 3.67. The summed E-state index contributed by atoms with van der Waals surface area (Å²) < 4.78 is 14.0. The van der Waals surface area contributed by atoms with E-state index in [1.807, 2.05) is 43.3 Å². The average Bonchev–Trinajstić information content (AvgIpc) is 2.57. The normalized spacial score (nSPS) is 13.9. The lowest BCUT2D eigenvalue weighted by atomic mass is 10.1. The Bertz CT molecular complexity index is 505. The molecule has 124 valence electrons. The molecule has 0 heterocycles. The van der Waals surface area contributed by atoms with E-state index < -0.39 is 12.3 Å². The highest BCUT2D eigenvalue weighted by molar-refractivity contribution is 5.17. The summed E-state index contributed by atoms with van der Waals surface area (Å²) in [7, 11) is 0. The van der Waals surface area contributed by atoms with Crippen molar-refractivity contribution in [3.63, 3.8) is 0 Å². The topological polar surface area (TPSA) is 23.5 Å². The maximum absolute atomic E-state index is 14.0. The van der Waals surface area contributed by atoms with Gasteiger partial charge in [0.1, 0.15) is 6.17 Å². The zero-order chi connectivity index (χ0) is 16.5. The Kier molecular flexibility index (Phi) is 7.24. The van der Waals surface area contributed by atoms with Crippen molar-refractivity contribution in [3.05, 3.63) is 71.8 Å². The van der Waals surface area contributed by atoms with Gasteiger partial charge in [0, 0.05) is 19.6 Å². The molecule has 2 atom stereocenters. The van der Waals surface area contributed by atoms with Gasteiger partial charge in [0.2, 0.25) is 0 Å². The number of benzene rings is 2. The van der Waals surface area contributed by atoms with Crippen molar-refractivity contribution in [1.29, 1.82) is 0 Å². The smallest absolute Gasteiger partial charge is 0.127 e. The first-order valence-corrected chi connectivity index (χ1v) is 8.31. The van der Waals surface area contributed by atoms with Crippen LogP contribution in [0, 0.1) is 0 Å². The number of aliphatic hydroxyl groups is 1. The minimum atomic E-state index is -1.16. The van der Waals surface area contributed by atoms with Crippen molar-refractivity contribution in [2.75, 3.05) is 6.54 Å². The van der Waals surface area contributed by atoms with Crippen LogP contribution < -0.4 is 0 Å². The van der Waals surface area contributed by atoms with E-state index in [0.29, 0.717) is 26.1 Å². The molecule has 0 unspecified atom stereocenters. The predicted molar refractivity (Wildman–Crippen MR) is 92.8 cm³/mol. The Balaban J connectivity index is 2.04. The van der Waals surface area contributed by atoms with Gasteiger partial charge >= 0.3 is 0 Å². The third-order valence-corrected chi connectivity index (χ3v) is 3.93. The van der Waals surface area contributed by atoms with Crippen molar-refractivity contribution in [3.8, 4) is 0 Å². The molecule has 3 heteroatoms. The van der Waals surface area contributed by atoms with E-state index in [1.54, 1.807) is 0 Å². The Labute approximate surface area is 138 Å². The van der Waals surface area contributed by atoms with Gasteiger partial charge < -0.3 is 5.11 Å². The highest BCUT2D eigenvalue weighted by Gasteiger charge is 2.21. The number of aliphatic hydroxyl groups excluding tert-OH is 1.